The standard InChI is InChI=1S/C21H26N2O4S/c1-5-27-18-11-9-17(10-12-18)22-20(24)21(4)13-14-23(28(21,25)26)19-15(2)7-6-8-16(19)3/h6-12H,5,13-14H2,1-4H3,(H,22,24)/t21-/m1/s1. The summed E-state index contributed by atoms with van der Waals surface area (Å²) >= 11 is 0. The number of ether oxygens (including phenoxy) is 1. The molecule has 0 aliphatic carbocycles. The van der Waals surface area contributed by atoms with Crippen molar-refractivity contribution in [2.75, 3.05) is 22.8 Å². The van der Waals surface area contributed by atoms with E-state index in [9.17, 15) is 13.2 Å². The van der Waals surface area contributed by atoms with Crippen LogP contribution in [0.5, 0.6) is 5.75 Å². The van der Waals surface area contributed by atoms with Gasteiger partial charge in [-0.1, -0.05) is 18.2 Å². The van der Waals surface area contributed by atoms with Crippen LogP contribution in [0.1, 0.15) is 31.4 Å². The number of nitrogens with one attached hydrogen (secondary N) is 1. The molecule has 3 rings (SSSR count). The quantitative estimate of drug-likeness (QED) is 0.828. The Bertz CT molecular complexity index is 966. The van der Waals surface area contributed by atoms with Crippen molar-refractivity contribution in [3.63, 3.8) is 0 Å². The van der Waals surface area contributed by atoms with E-state index in [2.05, 4.69) is 5.32 Å². The summed E-state index contributed by atoms with van der Waals surface area (Å²) in [7, 11) is -3.86. The molecule has 0 saturated carbocycles. The third-order valence-electron chi connectivity index (χ3n) is 5.24. The highest BCUT2D eigenvalue weighted by atomic mass is 32.2. The van der Waals surface area contributed by atoms with E-state index in [1.54, 1.807) is 24.3 Å². The maximum atomic E-state index is 13.3. The Labute approximate surface area is 166 Å². The topological polar surface area (TPSA) is 75.7 Å². The van der Waals surface area contributed by atoms with Crippen molar-refractivity contribution in [2.45, 2.75) is 38.9 Å². The van der Waals surface area contributed by atoms with Crippen LogP contribution < -0.4 is 14.4 Å². The van der Waals surface area contributed by atoms with E-state index in [0.29, 0.717) is 23.7 Å². The molecule has 0 aromatic heterocycles. The summed E-state index contributed by atoms with van der Waals surface area (Å²) in [5, 5.41) is 2.75. The summed E-state index contributed by atoms with van der Waals surface area (Å²) in [6.07, 6.45) is 0.228. The van der Waals surface area contributed by atoms with E-state index in [-0.39, 0.29) is 13.0 Å². The second kappa shape index (κ2) is 7.47. The minimum Gasteiger partial charge on any atom is -0.494 e. The largest absolute Gasteiger partial charge is 0.494 e. The zero-order valence-electron chi connectivity index (χ0n) is 16.7. The van der Waals surface area contributed by atoms with Crippen molar-refractivity contribution in [3.05, 3.63) is 53.6 Å². The van der Waals surface area contributed by atoms with Crippen molar-refractivity contribution in [1.29, 1.82) is 0 Å². The Balaban J connectivity index is 1.86. The number of para-hydroxylation sites is 1. The monoisotopic (exact) mass is 402 g/mol. The number of sulfonamides is 1. The molecule has 2 aromatic rings. The molecule has 1 amide bonds. The van der Waals surface area contributed by atoms with Crippen LogP contribution in [0.15, 0.2) is 42.5 Å². The highest BCUT2D eigenvalue weighted by Gasteiger charge is 2.55. The summed E-state index contributed by atoms with van der Waals surface area (Å²) in [5.74, 6) is 0.173. The molecule has 1 saturated heterocycles. The van der Waals surface area contributed by atoms with E-state index in [1.807, 2.05) is 39.0 Å². The van der Waals surface area contributed by atoms with Gasteiger partial charge in [0.15, 0.2) is 4.75 Å². The van der Waals surface area contributed by atoms with Crippen LogP contribution in [0, 0.1) is 13.8 Å². The van der Waals surface area contributed by atoms with Gasteiger partial charge in [-0.25, -0.2) is 8.42 Å². The average molecular weight is 403 g/mol. The van der Waals surface area contributed by atoms with Gasteiger partial charge in [0.05, 0.1) is 12.3 Å². The van der Waals surface area contributed by atoms with Crippen LogP contribution in [0.4, 0.5) is 11.4 Å². The molecule has 1 fully saturated rings. The number of rotatable bonds is 5. The first-order chi connectivity index (χ1) is 13.2. The number of aryl methyl sites for hydroxylation is 2. The van der Waals surface area contributed by atoms with E-state index < -0.39 is 20.7 Å². The number of hydrogen-bond acceptors (Lipinski definition) is 4. The fourth-order valence-corrected chi connectivity index (χ4v) is 5.51. The summed E-state index contributed by atoms with van der Waals surface area (Å²) in [6.45, 7) is 7.99. The average Bonchev–Trinajstić information content (AvgIpc) is 2.88. The van der Waals surface area contributed by atoms with E-state index in [0.717, 1.165) is 11.1 Å². The fourth-order valence-electron chi connectivity index (χ4n) is 3.53. The molecule has 28 heavy (non-hydrogen) atoms. The van der Waals surface area contributed by atoms with Crippen LogP contribution in [0.3, 0.4) is 0 Å². The van der Waals surface area contributed by atoms with Crippen molar-refractivity contribution in [2.24, 2.45) is 0 Å². The molecule has 1 atom stereocenters. The number of carbonyl (C=O) groups excluding carboxylic acids is 1. The van der Waals surface area contributed by atoms with Gasteiger partial charge in [0.2, 0.25) is 15.9 Å². The molecule has 1 N–H and O–H groups in total. The first-order valence-corrected chi connectivity index (χ1v) is 10.8. The van der Waals surface area contributed by atoms with Gasteiger partial charge in [-0.15, -0.1) is 0 Å². The molecular formula is C21H26N2O4S. The molecule has 0 radical (unpaired) electrons. The highest BCUT2D eigenvalue weighted by Crippen LogP contribution is 2.40. The Kier molecular flexibility index (Phi) is 5.39. The smallest absolute Gasteiger partial charge is 0.249 e. The molecule has 0 bridgehead atoms. The predicted octanol–water partition coefficient (Wildman–Crippen LogP) is 3.64. The van der Waals surface area contributed by atoms with Crippen LogP contribution in [0.2, 0.25) is 0 Å². The Hall–Kier alpha value is -2.54. The lowest BCUT2D eigenvalue weighted by atomic mass is 10.1. The first kappa shape index (κ1) is 20.2. The third kappa shape index (κ3) is 3.35. The van der Waals surface area contributed by atoms with Gasteiger partial charge in [0.1, 0.15) is 5.75 Å². The predicted molar refractivity (Wildman–Crippen MR) is 111 cm³/mol. The summed E-state index contributed by atoms with van der Waals surface area (Å²) in [5.41, 5.74) is 2.95. The molecule has 1 aliphatic rings. The van der Waals surface area contributed by atoms with Crippen LogP contribution in [-0.2, 0) is 14.8 Å². The molecular weight excluding hydrogens is 376 g/mol. The molecule has 150 valence electrons. The molecule has 0 spiro atoms. The molecule has 7 heteroatoms. The van der Waals surface area contributed by atoms with Crippen molar-refractivity contribution in [3.8, 4) is 5.75 Å². The molecule has 1 aliphatic heterocycles. The Morgan fingerprint density at radius 3 is 2.32 bits per heavy atom. The van der Waals surface area contributed by atoms with Crippen molar-refractivity contribution >= 4 is 27.3 Å². The number of nitrogens with zero attached hydrogens (tertiary/aromatic N) is 1. The first-order valence-electron chi connectivity index (χ1n) is 9.33. The minimum atomic E-state index is -3.86. The van der Waals surface area contributed by atoms with Gasteiger partial charge in [0.25, 0.3) is 0 Å². The van der Waals surface area contributed by atoms with E-state index >= 15 is 0 Å². The zero-order valence-corrected chi connectivity index (χ0v) is 17.5. The molecule has 0 unspecified atom stereocenters. The van der Waals surface area contributed by atoms with E-state index in [1.165, 1.54) is 11.2 Å². The minimum absolute atomic E-state index is 0.228. The van der Waals surface area contributed by atoms with Crippen molar-refractivity contribution in [1.82, 2.24) is 0 Å². The van der Waals surface area contributed by atoms with Gasteiger partial charge < -0.3 is 10.1 Å². The van der Waals surface area contributed by atoms with Crippen molar-refractivity contribution < 1.29 is 17.9 Å². The third-order valence-corrected chi connectivity index (χ3v) is 7.72. The van der Waals surface area contributed by atoms with Gasteiger partial charge in [0, 0.05) is 12.2 Å². The van der Waals surface area contributed by atoms with Crippen LogP contribution >= 0.6 is 0 Å². The second-order valence-corrected chi connectivity index (χ2v) is 9.50. The fraction of sp³-hybridized carbons (Fsp3) is 0.381. The molecule has 1 heterocycles. The highest BCUT2D eigenvalue weighted by molar-refractivity contribution is 7.95. The van der Waals surface area contributed by atoms with Crippen LogP contribution in [0.25, 0.3) is 0 Å². The van der Waals surface area contributed by atoms with Crippen LogP contribution in [-0.4, -0.2) is 32.2 Å². The second-order valence-electron chi connectivity index (χ2n) is 7.21. The van der Waals surface area contributed by atoms with Gasteiger partial charge in [-0.2, -0.15) is 0 Å². The van der Waals surface area contributed by atoms with Gasteiger partial charge in [-0.3, -0.25) is 9.10 Å². The lowest BCUT2D eigenvalue weighted by Gasteiger charge is -2.27. The van der Waals surface area contributed by atoms with Gasteiger partial charge >= 0.3 is 0 Å². The number of hydrogen-bond donors (Lipinski definition) is 1. The van der Waals surface area contributed by atoms with E-state index in [4.69, 9.17) is 4.74 Å². The maximum Gasteiger partial charge on any atom is 0.249 e. The normalized spacial score (nSPS) is 20.8. The molecule has 2 aromatic carbocycles. The number of amides is 1. The SMILES string of the molecule is CCOc1ccc(NC(=O)[C@@]2(C)CCN(c3c(C)cccc3C)S2(=O)=O)cc1. The summed E-state index contributed by atoms with van der Waals surface area (Å²) in [4.78, 5) is 13.0. The Morgan fingerprint density at radius 1 is 1.14 bits per heavy atom. The number of anilines is 2. The Morgan fingerprint density at radius 2 is 1.75 bits per heavy atom. The maximum absolute atomic E-state index is 13.3. The lowest BCUT2D eigenvalue weighted by molar-refractivity contribution is -0.118. The summed E-state index contributed by atoms with van der Waals surface area (Å²) < 4.78 is 31.9. The lowest BCUT2D eigenvalue weighted by Crippen LogP contribution is -2.47. The number of benzene rings is 2. The zero-order chi connectivity index (χ0) is 20.5. The summed E-state index contributed by atoms with van der Waals surface area (Å²) in [6, 6.07) is 12.6. The number of carbonyl (C=O) groups is 1. The molecule has 6 nitrogen and oxygen atoms in total. The van der Waals surface area contributed by atoms with Gasteiger partial charge in [-0.05, 0) is 69.5 Å².